The third-order valence-electron chi connectivity index (χ3n) is 13.6. The summed E-state index contributed by atoms with van der Waals surface area (Å²) in [5, 5.41) is 0. The predicted octanol–water partition coefficient (Wildman–Crippen LogP) is 18.9. The Balaban J connectivity index is 3.98. The van der Waals surface area contributed by atoms with Crippen LogP contribution in [0.2, 0.25) is 0 Å². The first kappa shape index (κ1) is 62.4. The van der Waals surface area contributed by atoms with Crippen molar-refractivity contribution in [3.63, 3.8) is 0 Å². The molecular formula is C58H112O6. The fourth-order valence-corrected chi connectivity index (χ4v) is 8.84. The molecule has 0 saturated heterocycles. The molecule has 0 aromatic carbocycles. The van der Waals surface area contributed by atoms with Crippen molar-refractivity contribution in [1.29, 1.82) is 0 Å². The van der Waals surface area contributed by atoms with Crippen LogP contribution >= 0.6 is 0 Å². The largest absolute Gasteiger partial charge is 0.462 e. The highest BCUT2D eigenvalue weighted by molar-refractivity contribution is 5.71. The van der Waals surface area contributed by atoms with E-state index in [1.165, 1.54) is 205 Å². The summed E-state index contributed by atoms with van der Waals surface area (Å²) < 4.78 is 16.7. The van der Waals surface area contributed by atoms with E-state index in [2.05, 4.69) is 34.6 Å². The highest BCUT2D eigenvalue weighted by atomic mass is 16.6. The average molecular weight is 906 g/mol. The Hall–Kier alpha value is -1.59. The Labute approximate surface area is 399 Å². The van der Waals surface area contributed by atoms with Crippen molar-refractivity contribution in [1.82, 2.24) is 0 Å². The summed E-state index contributed by atoms with van der Waals surface area (Å²) in [6, 6.07) is 0. The van der Waals surface area contributed by atoms with Crippen molar-refractivity contribution < 1.29 is 28.6 Å². The van der Waals surface area contributed by atoms with Crippen LogP contribution in [0.4, 0.5) is 0 Å². The predicted molar refractivity (Wildman–Crippen MR) is 275 cm³/mol. The lowest BCUT2D eigenvalue weighted by Gasteiger charge is -2.18. The van der Waals surface area contributed by atoms with Crippen molar-refractivity contribution in [2.75, 3.05) is 13.2 Å². The highest BCUT2D eigenvalue weighted by Crippen LogP contribution is 2.19. The van der Waals surface area contributed by atoms with Gasteiger partial charge in [0.1, 0.15) is 13.2 Å². The standard InChI is InChI=1S/C58H112O6/c1-6-8-9-36-45-50-58(61)64-55(52-63-57(60)49-44-40-35-31-27-23-19-15-14-16-20-24-28-32-37-41-46-53(3)4)51-62-56(59)48-43-39-34-30-26-22-18-13-11-10-12-17-21-25-29-33-38-42-47-54(5)7-2/h53-55H,6-52H2,1-5H3/t54?,55-/m0/s1. The zero-order chi connectivity index (χ0) is 46.8. The molecule has 0 aromatic heterocycles. The Morgan fingerprint density at radius 1 is 0.328 bits per heavy atom. The molecule has 0 aromatic rings. The van der Waals surface area contributed by atoms with E-state index in [1.807, 2.05) is 0 Å². The van der Waals surface area contributed by atoms with E-state index in [4.69, 9.17) is 14.2 Å². The molecular weight excluding hydrogens is 793 g/mol. The smallest absolute Gasteiger partial charge is 0.306 e. The van der Waals surface area contributed by atoms with Crippen molar-refractivity contribution in [2.24, 2.45) is 11.8 Å². The number of ether oxygens (including phenoxy) is 3. The molecule has 380 valence electrons. The summed E-state index contributed by atoms with van der Waals surface area (Å²) >= 11 is 0. The van der Waals surface area contributed by atoms with Gasteiger partial charge in [0.25, 0.3) is 0 Å². The van der Waals surface area contributed by atoms with Gasteiger partial charge in [-0.05, 0) is 31.1 Å². The first-order valence-electron chi connectivity index (χ1n) is 28.8. The van der Waals surface area contributed by atoms with Crippen LogP contribution in [0, 0.1) is 11.8 Å². The Bertz CT molecular complexity index is 980. The lowest BCUT2D eigenvalue weighted by atomic mass is 9.99. The van der Waals surface area contributed by atoms with Crippen LogP contribution in [0.3, 0.4) is 0 Å². The van der Waals surface area contributed by atoms with Crippen molar-refractivity contribution in [3.05, 3.63) is 0 Å². The zero-order valence-electron chi connectivity index (χ0n) is 43.9. The molecule has 0 aliphatic heterocycles. The normalized spacial score (nSPS) is 12.5. The van der Waals surface area contributed by atoms with E-state index >= 15 is 0 Å². The summed E-state index contributed by atoms with van der Waals surface area (Å²) in [7, 11) is 0. The topological polar surface area (TPSA) is 78.9 Å². The molecule has 0 saturated carbocycles. The second-order valence-electron chi connectivity index (χ2n) is 20.6. The fourth-order valence-electron chi connectivity index (χ4n) is 8.84. The molecule has 0 amide bonds. The number of carbonyl (C=O) groups is 3. The van der Waals surface area contributed by atoms with Crippen molar-refractivity contribution >= 4 is 17.9 Å². The molecule has 64 heavy (non-hydrogen) atoms. The number of esters is 3. The number of hydrogen-bond acceptors (Lipinski definition) is 6. The summed E-state index contributed by atoms with van der Waals surface area (Å²) in [6.07, 6.45) is 54.2. The number of hydrogen-bond donors (Lipinski definition) is 0. The molecule has 0 aliphatic rings. The molecule has 0 heterocycles. The maximum atomic E-state index is 12.6. The van der Waals surface area contributed by atoms with Crippen LogP contribution in [0.1, 0.15) is 324 Å². The van der Waals surface area contributed by atoms with Gasteiger partial charge in [0.15, 0.2) is 6.10 Å². The van der Waals surface area contributed by atoms with Gasteiger partial charge in [-0.3, -0.25) is 14.4 Å². The van der Waals surface area contributed by atoms with Crippen LogP contribution < -0.4 is 0 Å². The number of unbranched alkanes of at least 4 members (excludes halogenated alkanes) is 36. The molecule has 0 rings (SSSR count). The van der Waals surface area contributed by atoms with E-state index in [0.717, 1.165) is 76.0 Å². The third kappa shape index (κ3) is 49.8. The van der Waals surface area contributed by atoms with Gasteiger partial charge in [-0.25, -0.2) is 0 Å². The molecule has 1 unspecified atom stereocenters. The van der Waals surface area contributed by atoms with Crippen LogP contribution in [0.25, 0.3) is 0 Å². The quantitative estimate of drug-likeness (QED) is 0.0344. The molecule has 0 fully saturated rings. The Morgan fingerprint density at radius 3 is 0.891 bits per heavy atom. The molecule has 0 N–H and O–H groups in total. The maximum Gasteiger partial charge on any atom is 0.306 e. The third-order valence-corrected chi connectivity index (χ3v) is 13.6. The van der Waals surface area contributed by atoms with E-state index in [1.54, 1.807) is 0 Å². The van der Waals surface area contributed by atoms with Crippen LogP contribution in [-0.2, 0) is 28.6 Å². The van der Waals surface area contributed by atoms with Gasteiger partial charge in [-0.15, -0.1) is 0 Å². The first-order valence-corrected chi connectivity index (χ1v) is 28.8. The number of carbonyl (C=O) groups excluding carboxylic acids is 3. The monoisotopic (exact) mass is 905 g/mol. The van der Waals surface area contributed by atoms with Gasteiger partial charge in [-0.2, -0.15) is 0 Å². The zero-order valence-corrected chi connectivity index (χ0v) is 43.9. The van der Waals surface area contributed by atoms with E-state index < -0.39 is 6.10 Å². The van der Waals surface area contributed by atoms with Crippen LogP contribution in [-0.4, -0.2) is 37.2 Å². The minimum absolute atomic E-state index is 0.0644. The lowest BCUT2D eigenvalue weighted by Crippen LogP contribution is -2.30. The van der Waals surface area contributed by atoms with Gasteiger partial charge in [0.05, 0.1) is 0 Å². The summed E-state index contributed by atoms with van der Waals surface area (Å²) in [6.45, 7) is 11.4. The minimum Gasteiger partial charge on any atom is -0.462 e. The fraction of sp³-hybridized carbons (Fsp3) is 0.948. The minimum atomic E-state index is -0.760. The second-order valence-corrected chi connectivity index (χ2v) is 20.6. The second kappa shape index (κ2) is 50.8. The average Bonchev–Trinajstić information content (AvgIpc) is 3.28. The Kier molecular flexibility index (Phi) is 49.6. The summed E-state index contributed by atoms with van der Waals surface area (Å²) in [5.41, 5.74) is 0. The van der Waals surface area contributed by atoms with Crippen molar-refractivity contribution in [3.8, 4) is 0 Å². The van der Waals surface area contributed by atoms with Crippen LogP contribution in [0.5, 0.6) is 0 Å². The van der Waals surface area contributed by atoms with Crippen LogP contribution in [0.15, 0.2) is 0 Å². The summed E-state index contributed by atoms with van der Waals surface area (Å²) in [5.74, 6) is 0.907. The van der Waals surface area contributed by atoms with E-state index in [0.29, 0.717) is 19.3 Å². The molecule has 2 atom stereocenters. The molecule has 0 spiro atoms. The SMILES string of the molecule is CCCCCCCC(=O)O[C@@H](COC(=O)CCCCCCCCCCCCCCCCCCCCC(C)CC)COC(=O)CCCCCCCCCCCCCCCCCCC(C)C. The van der Waals surface area contributed by atoms with Gasteiger partial charge >= 0.3 is 17.9 Å². The maximum absolute atomic E-state index is 12.6. The van der Waals surface area contributed by atoms with Crippen molar-refractivity contribution in [2.45, 2.75) is 330 Å². The Morgan fingerprint density at radius 2 is 0.594 bits per heavy atom. The van der Waals surface area contributed by atoms with Gasteiger partial charge < -0.3 is 14.2 Å². The molecule has 0 radical (unpaired) electrons. The van der Waals surface area contributed by atoms with E-state index in [-0.39, 0.29) is 31.1 Å². The molecule has 6 heteroatoms. The lowest BCUT2D eigenvalue weighted by molar-refractivity contribution is -0.167. The first-order chi connectivity index (χ1) is 31.3. The molecule has 0 bridgehead atoms. The van der Waals surface area contributed by atoms with Gasteiger partial charge in [0, 0.05) is 19.3 Å². The molecule has 6 nitrogen and oxygen atoms in total. The molecule has 0 aliphatic carbocycles. The van der Waals surface area contributed by atoms with Gasteiger partial charge in [0.2, 0.25) is 0 Å². The number of rotatable bonds is 52. The highest BCUT2D eigenvalue weighted by Gasteiger charge is 2.19. The van der Waals surface area contributed by atoms with Gasteiger partial charge in [-0.1, -0.05) is 285 Å². The summed E-state index contributed by atoms with van der Waals surface area (Å²) in [4.78, 5) is 37.8. The van der Waals surface area contributed by atoms with E-state index in [9.17, 15) is 14.4 Å².